The minimum atomic E-state index is -0.0779. The van der Waals surface area contributed by atoms with Crippen molar-refractivity contribution in [2.24, 2.45) is 0 Å². The first kappa shape index (κ1) is 17.7. The quantitative estimate of drug-likeness (QED) is 0.481. The van der Waals surface area contributed by atoms with Crippen molar-refractivity contribution in [3.63, 3.8) is 0 Å². The predicted octanol–water partition coefficient (Wildman–Crippen LogP) is 4.17. The van der Waals surface area contributed by atoms with Crippen LogP contribution in [0.25, 0.3) is 10.9 Å². The summed E-state index contributed by atoms with van der Waals surface area (Å²) in [7, 11) is 0. The highest BCUT2D eigenvalue weighted by Gasteiger charge is 2.12. The van der Waals surface area contributed by atoms with Gasteiger partial charge in [0, 0.05) is 17.2 Å². The first-order valence-electron chi connectivity index (χ1n) is 7.91. The van der Waals surface area contributed by atoms with Crippen LogP contribution in [0.4, 0.5) is 0 Å². The summed E-state index contributed by atoms with van der Waals surface area (Å²) in [4.78, 5) is 28.8. The molecule has 6 heteroatoms. The molecule has 0 aliphatic heterocycles. The number of benzene rings is 2. The van der Waals surface area contributed by atoms with Crippen LogP contribution in [-0.4, -0.2) is 21.1 Å². The van der Waals surface area contributed by atoms with E-state index in [1.54, 1.807) is 29.7 Å². The van der Waals surface area contributed by atoms with Crippen LogP contribution in [0.1, 0.15) is 18.9 Å². The number of ketones is 1. The number of Topliss-reactive ketones (excluding diaryl/α,β-unsaturated/α-hetero) is 1. The van der Waals surface area contributed by atoms with Crippen molar-refractivity contribution in [2.75, 3.05) is 5.75 Å². The lowest BCUT2D eigenvalue weighted by Gasteiger charge is -2.13. The van der Waals surface area contributed by atoms with Crippen LogP contribution in [-0.2, 0) is 11.3 Å². The van der Waals surface area contributed by atoms with Crippen molar-refractivity contribution in [1.82, 2.24) is 9.55 Å². The highest BCUT2D eigenvalue weighted by atomic mass is 35.5. The smallest absolute Gasteiger partial charge is 0.262 e. The molecule has 1 heterocycles. The lowest BCUT2D eigenvalue weighted by molar-refractivity contribution is -0.116. The van der Waals surface area contributed by atoms with Gasteiger partial charge in [0.05, 0.1) is 17.4 Å². The van der Waals surface area contributed by atoms with E-state index in [9.17, 15) is 9.59 Å². The number of thioether (sulfide) groups is 1. The first-order valence-corrected chi connectivity index (χ1v) is 9.27. The molecular weight excluding hydrogens is 356 g/mol. The normalized spacial score (nSPS) is 11.0. The molecule has 0 atom stereocenters. The van der Waals surface area contributed by atoms with Gasteiger partial charge in [0.1, 0.15) is 5.78 Å². The number of hydrogen-bond acceptors (Lipinski definition) is 4. The minimum absolute atomic E-state index is 0.0779. The number of halogens is 1. The maximum absolute atomic E-state index is 12.9. The second-order valence-electron chi connectivity index (χ2n) is 5.73. The molecule has 0 aliphatic carbocycles. The molecule has 0 N–H and O–H groups in total. The van der Waals surface area contributed by atoms with E-state index >= 15 is 0 Å². The zero-order chi connectivity index (χ0) is 17.8. The molecule has 128 valence electrons. The second kappa shape index (κ2) is 7.85. The van der Waals surface area contributed by atoms with Crippen LogP contribution in [0.15, 0.2) is 58.5 Å². The molecule has 0 radical (unpaired) electrons. The zero-order valence-corrected chi connectivity index (χ0v) is 15.3. The largest absolute Gasteiger partial charge is 0.300 e. The number of aromatic nitrogens is 2. The summed E-state index contributed by atoms with van der Waals surface area (Å²) in [5.74, 6) is 0.723. The van der Waals surface area contributed by atoms with Crippen LogP contribution >= 0.6 is 23.4 Å². The maximum Gasteiger partial charge on any atom is 0.262 e. The Bertz CT molecular complexity index is 967. The first-order chi connectivity index (χ1) is 12.0. The molecule has 0 saturated heterocycles. The summed E-state index contributed by atoms with van der Waals surface area (Å²) in [5.41, 5.74) is 1.56. The third-order valence-corrected chi connectivity index (χ3v) is 5.00. The Kier molecular flexibility index (Phi) is 5.56. The number of carbonyl (C=O) groups excluding carboxylic acids is 1. The SMILES string of the molecule is CC(=O)CCSc1nc2ccccc2c(=O)n1Cc1ccc(Cl)cc1. The topological polar surface area (TPSA) is 52.0 Å². The Balaban J connectivity index is 2.02. The molecule has 25 heavy (non-hydrogen) atoms. The molecule has 4 nitrogen and oxygen atoms in total. The van der Waals surface area contributed by atoms with Crippen LogP contribution in [0.2, 0.25) is 5.02 Å². The Morgan fingerprint density at radius 1 is 1.16 bits per heavy atom. The van der Waals surface area contributed by atoms with Gasteiger partial charge in [-0.15, -0.1) is 0 Å². The fourth-order valence-corrected chi connectivity index (χ4v) is 3.62. The third-order valence-electron chi connectivity index (χ3n) is 3.77. The Morgan fingerprint density at radius 2 is 1.88 bits per heavy atom. The fraction of sp³-hybridized carbons (Fsp3) is 0.211. The molecule has 0 bridgehead atoms. The van der Waals surface area contributed by atoms with Crippen molar-refractivity contribution in [3.05, 3.63) is 69.5 Å². The summed E-state index contributed by atoms with van der Waals surface area (Å²) < 4.78 is 1.66. The van der Waals surface area contributed by atoms with Gasteiger partial charge in [-0.3, -0.25) is 14.2 Å². The van der Waals surface area contributed by atoms with Gasteiger partial charge in [0.25, 0.3) is 5.56 Å². The van der Waals surface area contributed by atoms with Crippen molar-refractivity contribution in [2.45, 2.75) is 25.0 Å². The highest BCUT2D eigenvalue weighted by molar-refractivity contribution is 7.99. The molecule has 0 unspecified atom stereocenters. The van der Waals surface area contributed by atoms with Crippen molar-refractivity contribution >= 4 is 40.0 Å². The number of rotatable bonds is 6. The number of fused-ring (bicyclic) bond motifs is 1. The molecule has 0 fully saturated rings. The molecule has 3 rings (SSSR count). The monoisotopic (exact) mass is 372 g/mol. The molecule has 2 aromatic carbocycles. The van der Waals surface area contributed by atoms with Gasteiger partial charge in [-0.1, -0.05) is 47.6 Å². The molecule has 3 aromatic rings. The minimum Gasteiger partial charge on any atom is -0.300 e. The molecule has 0 aliphatic rings. The van der Waals surface area contributed by atoms with Gasteiger partial charge >= 0.3 is 0 Å². The van der Waals surface area contributed by atoms with Crippen molar-refractivity contribution in [3.8, 4) is 0 Å². The fourth-order valence-electron chi connectivity index (χ4n) is 2.46. The third kappa shape index (κ3) is 4.30. The molecule has 0 amide bonds. The number of carbonyl (C=O) groups is 1. The predicted molar refractivity (Wildman–Crippen MR) is 103 cm³/mol. The van der Waals surface area contributed by atoms with Crippen LogP contribution in [0.5, 0.6) is 0 Å². The summed E-state index contributed by atoms with van der Waals surface area (Å²) in [6.07, 6.45) is 0.453. The van der Waals surface area contributed by atoms with E-state index in [-0.39, 0.29) is 11.3 Å². The lowest BCUT2D eigenvalue weighted by atomic mass is 10.2. The highest BCUT2D eigenvalue weighted by Crippen LogP contribution is 2.20. The standard InChI is InChI=1S/C19H17ClN2O2S/c1-13(23)10-11-25-19-21-17-5-3-2-4-16(17)18(24)22(19)12-14-6-8-15(20)9-7-14/h2-9H,10-12H2,1H3. The van der Waals surface area contributed by atoms with Gasteiger partial charge in [0.15, 0.2) is 5.16 Å². The summed E-state index contributed by atoms with van der Waals surface area (Å²) in [5, 5.41) is 1.87. The maximum atomic E-state index is 12.9. The molecule has 0 saturated carbocycles. The molecule has 1 aromatic heterocycles. The summed E-state index contributed by atoms with van der Waals surface area (Å²) in [6.45, 7) is 1.98. The van der Waals surface area contributed by atoms with Gasteiger partial charge in [-0.05, 0) is 36.8 Å². The molecular formula is C19H17ClN2O2S. The lowest BCUT2D eigenvalue weighted by Crippen LogP contribution is -2.24. The summed E-state index contributed by atoms with van der Waals surface area (Å²) in [6, 6.07) is 14.7. The second-order valence-corrected chi connectivity index (χ2v) is 7.23. The Hall–Kier alpha value is -2.11. The average Bonchev–Trinajstić information content (AvgIpc) is 2.59. The van der Waals surface area contributed by atoms with Gasteiger partial charge < -0.3 is 0 Å². The van der Waals surface area contributed by atoms with E-state index in [1.807, 2.05) is 30.3 Å². The van der Waals surface area contributed by atoms with Crippen molar-refractivity contribution in [1.29, 1.82) is 0 Å². The average molecular weight is 373 g/mol. The van der Waals surface area contributed by atoms with Crippen LogP contribution < -0.4 is 5.56 Å². The zero-order valence-electron chi connectivity index (χ0n) is 13.7. The molecule has 0 spiro atoms. The van der Waals surface area contributed by atoms with E-state index in [2.05, 4.69) is 4.98 Å². The van der Waals surface area contributed by atoms with Crippen LogP contribution in [0.3, 0.4) is 0 Å². The number of hydrogen-bond donors (Lipinski definition) is 0. The van der Waals surface area contributed by atoms with E-state index < -0.39 is 0 Å². The Morgan fingerprint density at radius 3 is 2.60 bits per heavy atom. The van der Waals surface area contributed by atoms with Gasteiger partial charge in [-0.25, -0.2) is 4.98 Å². The van der Waals surface area contributed by atoms with E-state index in [0.29, 0.717) is 39.8 Å². The van der Waals surface area contributed by atoms with E-state index in [4.69, 9.17) is 11.6 Å². The number of nitrogens with zero attached hydrogens (tertiary/aromatic N) is 2. The summed E-state index contributed by atoms with van der Waals surface area (Å²) >= 11 is 7.37. The van der Waals surface area contributed by atoms with Crippen LogP contribution in [0, 0.1) is 0 Å². The van der Waals surface area contributed by atoms with Gasteiger partial charge in [0.2, 0.25) is 0 Å². The Labute approximate surface area is 154 Å². The van der Waals surface area contributed by atoms with E-state index in [0.717, 1.165) is 5.56 Å². The number of para-hydroxylation sites is 1. The van der Waals surface area contributed by atoms with Gasteiger partial charge in [-0.2, -0.15) is 0 Å². The van der Waals surface area contributed by atoms with E-state index in [1.165, 1.54) is 11.8 Å². The van der Waals surface area contributed by atoms with Crippen molar-refractivity contribution < 1.29 is 4.79 Å².